The van der Waals surface area contributed by atoms with E-state index in [1.807, 2.05) is 0 Å². The van der Waals surface area contributed by atoms with Crippen molar-refractivity contribution in [1.82, 2.24) is 10.6 Å². The first-order valence-electron chi connectivity index (χ1n) is 6.08. The summed E-state index contributed by atoms with van der Waals surface area (Å²) in [4.78, 5) is 11.0. The largest absolute Gasteiger partial charge is 0.355 e. The smallest absolute Gasteiger partial charge is 0.233 e. The van der Waals surface area contributed by atoms with E-state index in [0.717, 1.165) is 18.9 Å². The number of likely N-dealkylation sites (N-methyl/N-ethyl adjacent to an activating group) is 1. The van der Waals surface area contributed by atoms with Gasteiger partial charge in [-0.3, -0.25) is 4.79 Å². The van der Waals surface area contributed by atoms with Crippen LogP contribution >= 0.6 is 12.4 Å². The van der Waals surface area contributed by atoms with Crippen molar-refractivity contribution in [3.05, 3.63) is 0 Å². The Labute approximate surface area is 106 Å². The number of hydrogen-bond acceptors (Lipinski definition) is 2. The predicted molar refractivity (Wildman–Crippen MR) is 72.1 cm³/mol. The molecule has 0 radical (unpaired) electrons. The molecule has 3 nitrogen and oxygen atoms in total. The molecule has 0 saturated heterocycles. The molecular weight excluding hydrogens is 224 g/mol. The van der Waals surface area contributed by atoms with E-state index in [9.17, 15) is 4.79 Å². The molecule has 0 aromatic heterocycles. The molecule has 2 N–H and O–H groups in total. The van der Waals surface area contributed by atoms with E-state index >= 15 is 0 Å². The topological polar surface area (TPSA) is 41.1 Å². The van der Waals surface area contributed by atoms with Gasteiger partial charge in [0.2, 0.25) is 5.91 Å². The molecule has 98 valence electrons. The van der Waals surface area contributed by atoms with Crippen LogP contribution in [-0.2, 0) is 4.79 Å². The Hall–Kier alpha value is -0.280. The maximum atomic E-state index is 11.0. The summed E-state index contributed by atoms with van der Waals surface area (Å²) >= 11 is 0. The van der Waals surface area contributed by atoms with Crippen LogP contribution in [0.2, 0.25) is 0 Å². The standard InChI is InChI=1S/C12H26N2O.ClH/c1-11(2)8-6-4-5-7-9-14-12(15)10-13-3;/h11,13H,4-10H2,1-3H3,(H,14,15);1H. The Balaban J connectivity index is 0. The molecule has 0 rings (SSSR count). The molecule has 0 spiro atoms. The van der Waals surface area contributed by atoms with Gasteiger partial charge in [-0.1, -0.05) is 39.5 Å². The number of hydrogen-bond donors (Lipinski definition) is 2. The Morgan fingerprint density at radius 3 is 2.31 bits per heavy atom. The molecule has 0 fully saturated rings. The maximum absolute atomic E-state index is 11.0. The van der Waals surface area contributed by atoms with E-state index in [1.54, 1.807) is 7.05 Å². The van der Waals surface area contributed by atoms with Crippen molar-refractivity contribution in [2.45, 2.75) is 46.0 Å². The minimum Gasteiger partial charge on any atom is -0.355 e. The zero-order chi connectivity index (χ0) is 11.5. The van der Waals surface area contributed by atoms with Gasteiger partial charge in [-0.25, -0.2) is 0 Å². The zero-order valence-electron chi connectivity index (χ0n) is 10.8. The van der Waals surface area contributed by atoms with Crippen LogP contribution in [0.5, 0.6) is 0 Å². The van der Waals surface area contributed by atoms with E-state index < -0.39 is 0 Å². The number of unbranched alkanes of at least 4 members (excludes halogenated alkanes) is 3. The molecular formula is C12H27ClN2O. The van der Waals surface area contributed by atoms with Crippen molar-refractivity contribution < 1.29 is 4.79 Å². The van der Waals surface area contributed by atoms with E-state index in [4.69, 9.17) is 0 Å². The van der Waals surface area contributed by atoms with Gasteiger partial charge in [0.1, 0.15) is 0 Å². The van der Waals surface area contributed by atoms with E-state index in [-0.39, 0.29) is 18.3 Å². The first-order valence-corrected chi connectivity index (χ1v) is 6.08. The van der Waals surface area contributed by atoms with E-state index in [2.05, 4.69) is 24.5 Å². The van der Waals surface area contributed by atoms with Gasteiger partial charge in [0.15, 0.2) is 0 Å². The minimum absolute atomic E-state index is 0. The van der Waals surface area contributed by atoms with Crippen LogP contribution in [0.3, 0.4) is 0 Å². The van der Waals surface area contributed by atoms with Gasteiger partial charge < -0.3 is 10.6 Å². The highest BCUT2D eigenvalue weighted by atomic mass is 35.5. The molecule has 0 atom stereocenters. The number of rotatable bonds is 9. The quantitative estimate of drug-likeness (QED) is 0.617. The summed E-state index contributed by atoms with van der Waals surface area (Å²) in [6, 6.07) is 0. The third kappa shape index (κ3) is 13.7. The zero-order valence-corrected chi connectivity index (χ0v) is 11.7. The van der Waals surface area contributed by atoms with Crippen molar-refractivity contribution in [1.29, 1.82) is 0 Å². The van der Waals surface area contributed by atoms with Gasteiger partial charge in [0, 0.05) is 6.54 Å². The van der Waals surface area contributed by atoms with Crippen LogP contribution in [0.25, 0.3) is 0 Å². The predicted octanol–water partition coefficient (Wildman–Crippen LogP) is 2.35. The molecule has 0 aromatic carbocycles. The highest BCUT2D eigenvalue weighted by Crippen LogP contribution is 2.08. The van der Waals surface area contributed by atoms with Crippen LogP contribution in [0.4, 0.5) is 0 Å². The first kappa shape index (κ1) is 18.1. The van der Waals surface area contributed by atoms with Crippen molar-refractivity contribution in [3.8, 4) is 0 Å². The average molecular weight is 251 g/mol. The number of amides is 1. The summed E-state index contributed by atoms with van der Waals surface area (Å²) in [5.74, 6) is 0.917. The Kier molecular flexibility index (Phi) is 14.5. The van der Waals surface area contributed by atoms with E-state index in [1.165, 1.54) is 25.7 Å². The van der Waals surface area contributed by atoms with Crippen molar-refractivity contribution >= 4 is 18.3 Å². The molecule has 0 saturated carbocycles. The molecule has 0 unspecified atom stereocenters. The second-order valence-corrected chi connectivity index (χ2v) is 4.48. The lowest BCUT2D eigenvalue weighted by atomic mass is 10.0. The number of carbonyl (C=O) groups excluding carboxylic acids is 1. The van der Waals surface area contributed by atoms with Gasteiger partial charge in [-0.2, -0.15) is 0 Å². The fraction of sp³-hybridized carbons (Fsp3) is 0.917. The van der Waals surface area contributed by atoms with Gasteiger partial charge in [-0.15, -0.1) is 12.4 Å². The Morgan fingerprint density at radius 2 is 1.75 bits per heavy atom. The molecule has 0 bridgehead atoms. The normalized spacial score (nSPS) is 10.0. The highest BCUT2D eigenvalue weighted by molar-refractivity contribution is 5.85. The van der Waals surface area contributed by atoms with Crippen LogP contribution < -0.4 is 10.6 Å². The molecule has 16 heavy (non-hydrogen) atoms. The van der Waals surface area contributed by atoms with Gasteiger partial charge in [0.05, 0.1) is 6.54 Å². The van der Waals surface area contributed by atoms with Crippen LogP contribution in [0.1, 0.15) is 46.0 Å². The van der Waals surface area contributed by atoms with E-state index in [0.29, 0.717) is 6.54 Å². The second kappa shape index (κ2) is 12.8. The Bertz CT molecular complexity index is 163. The van der Waals surface area contributed by atoms with Gasteiger partial charge >= 0.3 is 0 Å². The number of nitrogens with one attached hydrogen (secondary N) is 2. The SMILES string of the molecule is CNCC(=O)NCCCCCCC(C)C.Cl. The van der Waals surface area contributed by atoms with Gasteiger partial charge in [0.25, 0.3) is 0 Å². The molecule has 1 amide bonds. The minimum atomic E-state index is 0. The lowest BCUT2D eigenvalue weighted by Crippen LogP contribution is -2.32. The average Bonchev–Trinajstić information content (AvgIpc) is 2.16. The molecule has 0 heterocycles. The lowest BCUT2D eigenvalue weighted by molar-refractivity contribution is -0.120. The fourth-order valence-corrected chi connectivity index (χ4v) is 1.48. The third-order valence-electron chi connectivity index (χ3n) is 2.37. The number of halogens is 1. The summed E-state index contributed by atoms with van der Waals surface area (Å²) < 4.78 is 0. The van der Waals surface area contributed by atoms with Crippen LogP contribution in [-0.4, -0.2) is 26.0 Å². The Morgan fingerprint density at radius 1 is 1.12 bits per heavy atom. The summed E-state index contributed by atoms with van der Waals surface area (Å²) in [6.45, 7) is 5.77. The first-order chi connectivity index (χ1) is 7.16. The van der Waals surface area contributed by atoms with Crippen LogP contribution in [0.15, 0.2) is 0 Å². The number of carbonyl (C=O) groups is 1. The summed E-state index contributed by atoms with van der Waals surface area (Å²) in [6.07, 6.45) is 6.27. The maximum Gasteiger partial charge on any atom is 0.233 e. The summed E-state index contributed by atoms with van der Waals surface area (Å²) in [5, 5.41) is 5.71. The third-order valence-corrected chi connectivity index (χ3v) is 2.37. The van der Waals surface area contributed by atoms with Gasteiger partial charge in [-0.05, 0) is 19.4 Å². The summed E-state index contributed by atoms with van der Waals surface area (Å²) in [7, 11) is 1.78. The van der Waals surface area contributed by atoms with Crippen molar-refractivity contribution in [3.63, 3.8) is 0 Å². The molecule has 4 heteroatoms. The molecule has 0 aliphatic carbocycles. The molecule has 0 aliphatic rings. The second-order valence-electron chi connectivity index (χ2n) is 4.48. The molecule has 0 aromatic rings. The monoisotopic (exact) mass is 250 g/mol. The van der Waals surface area contributed by atoms with Crippen molar-refractivity contribution in [2.75, 3.05) is 20.1 Å². The van der Waals surface area contributed by atoms with Crippen LogP contribution in [0, 0.1) is 5.92 Å². The fourth-order valence-electron chi connectivity index (χ4n) is 1.48. The molecule has 0 aliphatic heterocycles. The van der Waals surface area contributed by atoms with Crippen molar-refractivity contribution in [2.24, 2.45) is 5.92 Å². The highest BCUT2D eigenvalue weighted by Gasteiger charge is 1.97. The summed E-state index contributed by atoms with van der Waals surface area (Å²) in [5.41, 5.74) is 0. The lowest BCUT2D eigenvalue weighted by Gasteiger charge is -2.05.